The van der Waals surface area contributed by atoms with Crippen LogP contribution in [-0.2, 0) is 6.18 Å². The number of nitrogens with one attached hydrogen (secondary N) is 1. The Labute approximate surface area is 117 Å². The van der Waals surface area contributed by atoms with Gasteiger partial charge in [0.15, 0.2) is 0 Å². The van der Waals surface area contributed by atoms with Crippen molar-refractivity contribution in [1.29, 1.82) is 0 Å². The van der Waals surface area contributed by atoms with E-state index in [-0.39, 0.29) is 35.2 Å². The van der Waals surface area contributed by atoms with Gasteiger partial charge in [-0.25, -0.2) is 4.79 Å². The van der Waals surface area contributed by atoms with E-state index in [2.05, 4.69) is 4.98 Å². The number of H-pyrrole nitrogens is 1. The molecule has 0 atom stereocenters. The zero-order chi connectivity index (χ0) is 11.8. The van der Waals surface area contributed by atoms with Crippen LogP contribution in [0.25, 0.3) is 5.69 Å². The van der Waals surface area contributed by atoms with Crippen LogP contribution in [0, 0.1) is 0 Å². The molecule has 0 unspecified atom stereocenters. The molecular weight excluding hydrogens is 244 g/mol. The number of aromatic amines is 1. The monoisotopic (exact) mass is 251 g/mol. The fourth-order valence-corrected chi connectivity index (χ4v) is 1.33. The molecule has 0 fully saturated rings. The molecule has 0 amide bonds. The summed E-state index contributed by atoms with van der Waals surface area (Å²) in [5.74, 6) is 0. The number of benzene rings is 1. The molecule has 0 aliphatic rings. The average molecular weight is 251 g/mol. The first-order chi connectivity index (χ1) is 7.48. The Hall–Kier alpha value is -0.980. The summed E-state index contributed by atoms with van der Waals surface area (Å²) in [4.78, 5) is 13.6. The third-order valence-corrected chi connectivity index (χ3v) is 2.12. The summed E-state index contributed by atoms with van der Waals surface area (Å²) in [6.07, 6.45) is -1.49. The van der Waals surface area contributed by atoms with Gasteiger partial charge in [-0.3, -0.25) is 4.57 Å². The molecule has 85 valence electrons. The van der Waals surface area contributed by atoms with Gasteiger partial charge in [-0.15, -0.1) is 0 Å². The standard InChI is InChI=1S/C10H7F3N2O.Na/c11-10(12,13)7-1-3-8(4-2-7)15-6-5-14-9(15)16;/h1-6H,(H,14,16);. The van der Waals surface area contributed by atoms with Crippen molar-refractivity contribution in [3.63, 3.8) is 0 Å². The van der Waals surface area contributed by atoms with Gasteiger partial charge in [0.05, 0.1) is 11.3 Å². The van der Waals surface area contributed by atoms with E-state index in [4.69, 9.17) is 0 Å². The Morgan fingerprint density at radius 1 is 1.12 bits per heavy atom. The third-order valence-electron chi connectivity index (χ3n) is 2.12. The Morgan fingerprint density at radius 2 is 1.71 bits per heavy atom. The van der Waals surface area contributed by atoms with Crippen molar-refractivity contribution < 1.29 is 13.2 Å². The Morgan fingerprint density at radius 3 is 2.12 bits per heavy atom. The van der Waals surface area contributed by atoms with Gasteiger partial charge < -0.3 is 4.98 Å². The predicted octanol–water partition coefficient (Wildman–Crippen LogP) is 1.80. The number of rotatable bonds is 1. The van der Waals surface area contributed by atoms with Gasteiger partial charge in [0.25, 0.3) is 0 Å². The topological polar surface area (TPSA) is 37.8 Å². The fourth-order valence-electron chi connectivity index (χ4n) is 1.33. The van der Waals surface area contributed by atoms with Crippen LogP contribution in [0.5, 0.6) is 0 Å². The van der Waals surface area contributed by atoms with Gasteiger partial charge in [-0.1, -0.05) is 0 Å². The van der Waals surface area contributed by atoms with Crippen molar-refractivity contribution in [2.24, 2.45) is 0 Å². The van der Waals surface area contributed by atoms with Crippen LogP contribution in [0.1, 0.15) is 5.56 Å². The van der Waals surface area contributed by atoms with E-state index in [0.717, 1.165) is 12.1 Å². The minimum Gasteiger partial charge on any atom is -0.312 e. The second-order valence-electron chi connectivity index (χ2n) is 3.18. The van der Waals surface area contributed by atoms with Crippen molar-refractivity contribution in [2.45, 2.75) is 6.18 Å². The molecule has 0 saturated carbocycles. The molecule has 0 spiro atoms. The number of nitrogens with zero attached hydrogens (tertiary/aromatic N) is 1. The maximum absolute atomic E-state index is 12.3. The third kappa shape index (κ3) is 3.02. The normalized spacial score (nSPS) is 11.0. The van der Waals surface area contributed by atoms with E-state index in [1.165, 1.54) is 29.1 Å². The zero-order valence-electron chi connectivity index (χ0n) is 8.95. The molecular formula is C10H7F3N2NaO. The Bertz CT molecular complexity index is 542. The summed E-state index contributed by atoms with van der Waals surface area (Å²) in [7, 11) is 0. The maximum Gasteiger partial charge on any atom is 0.416 e. The van der Waals surface area contributed by atoms with Crippen molar-refractivity contribution in [2.75, 3.05) is 0 Å². The van der Waals surface area contributed by atoms with Crippen LogP contribution >= 0.6 is 0 Å². The number of alkyl halides is 3. The Balaban J connectivity index is 0.00000144. The van der Waals surface area contributed by atoms with E-state index in [0.29, 0.717) is 5.69 Å². The van der Waals surface area contributed by atoms with Gasteiger partial charge in [0.1, 0.15) is 0 Å². The first kappa shape index (κ1) is 14.1. The largest absolute Gasteiger partial charge is 0.416 e. The predicted molar refractivity (Wildman–Crippen MR) is 57.1 cm³/mol. The first-order valence-corrected chi connectivity index (χ1v) is 4.42. The molecule has 7 heteroatoms. The van der Waals surface area contributed by atoms with Crippen molar-refractivity contribution in [3.05, 3.63) is 52.7 Å². The van der Waals surface area contributed by atoms with Crippen molar-refractivity contribution in [1.82, 2.24) is 9.55 Å². The average Bonchev–Trinajstić information content (AvgIpc) is 2.63. The summed E-state index contributed by atoms with van der Waals surface area (Å²) < 4.78 is 38.0. The van der Waals surface area contributed by atoms with Crippen LogP contribution in [-0.4, -0.2) is 39.1 Å². The summed E-state index contributed by atoms with van der Waals surface area (Å²) in [6, 6.07) is 4.37. The summed E-state index contributed by atoms with van der Waals surface area (Å²) >= 11 is 0. The van der Waals surface area contributed by atoms with Crippen LogP contribution in [0.3, 0.4) is 0 Å². The van der Waals surface area contributed by atoms with Crippen LogP contribution in [0.4, 0.5) is 13.2 Å². The van der Waals surface area contributed by atoms with Gasteiger partial charge in [0, 0.05) is 42.0 Å². The molecule has 0 saturated heterocycles. The van der Waals surface area contributed by atoms with Crippen LogP contribution < -0.4 is 5.69 Å². The SMILES string of the molecule is O=c1[nH]ccn1-c1ccc(C(F)(F)F)cc1.[Na]. The number of hydrogen-bond donors (Lipinski definition) is 1. The molecule has 0 aliphatic heterocycles. The molecule has 2 rings (SSSR count). The molecule has 1 radical (unpaired) electrons. The minimum atomic E-state index is -4.36. The number of hydrogen-bond acceptors (Lipinski definition) is 1. The van der Waals surface area contributed by atoms with Gasteiger partial charge in [-0.2, -0.15) is 13.2 Å². The molecule has 2 aromatic rings. The van der Waals surface area contributed by atoms with E-state index in [1.54, 1.807) is 0 Å². The van der Waals surface area contributed by atoms with E-state index < -0.39 is 11.7 Å². The fraction of sp³-hybridized carbons (Fsp3) is 0.100. The molecule has 1 aromatic heterocycles. The molecule has 0 bridgehead atoms. The second-order valence-corrected chi connectivity index (χ2v) is 3.18. The minimum absolute atomic E-state index is 0. The summed E-state index contributed by atoms with van der Waals surface area (Å²) in [5, 5.41) is 0. The van der Waals surface area contributed by atoms with Crippen molar-refractivity contribution in [3.8, 4) is 5.69 Å². The zero-order valence-corrected chi connectivity index (χ0v) is 11.0. The summed E-state index contributed by atoms with van der Waals surface area (Å²) in [5.41, 5.74) is -0.737. The van der Waals surface area contributed by atoms with E-state index in [9.17, 15) is 18.0 Å². The van der Waals surface area contributed by atoms with Gasteiger partial charge in [-0.05, 0) is 24.3 Å². The van der Waals surface area contributed by atoms with Gasteiger partial charge in [0.2, 0.25) is 0 Å². The van der Waals surface area contributed by atoms with E-state index >= 15 is 0 Å². The molecule has 1 aromatic carbocycles. The van der Waals surface area contributed by atoms with Crippen LogP contribution in [0.15, 0.2) is 41.5 Å². The molecule has 17 heavy (non-hydrogen) atoms. The quantitative estimate of drug-likeness (QED) is 0.771. The van der Waals surface area contributed by atoms with Crippen LogP contribution in [0.2, 0.25) is 0 Å². The molecule has 0 aliphatic carbocycles. The van der Waals surface area contributed by atoms with Crippen molar-refractivity contribution >= 4 is 29.6 Å². The second kappa shape index (κ2) is 5.12. The van der Waals surface area contributed by atoms with E-state index in [1.807, 2.05) is 0 Å². The number of halogens is 3. The molecule has 1 heterocycles. The molecule has 3 nitrogen and oxygen atoms in total. The first-order valence-electron chi connectivity index (χ1n) is 4.42. The van der Waals surface area contributed by atoms with Gasteiger partial charge >= 0.3 is 11.9 Å². The Kier molecular flexibility index (Phi) is 4.24. The smallest absolute Gasteiger partial charge is 0.312 e. The number of imidazole rings is 1. The summed E-state index contributed by atoms with van der Waals surface area (Å²) in [6.45, 7) is 0. The maximum atomic E-state index is 12.3. The number of aromatic nitrogens is 2. The molecule has 1 N–H and O–H groups in total.